The Kier molecular flexibility index (Phi) is 6.54. The maximum absolute atomic E-state index is 12.1. The fourth-order valence-electron chi connectivity index (χ4n) is 1.88. The number of nitrogens with one attached hydrogen (secondary N) is 1. The van der Waals surface area contributed by atoms with E-state index in [-0.39, 0.29) is 12.1 Å². The Morgan fingerprint density at radius 2 is 2.26 bits per heavy atom. The molecule has 6 nitrogen and oxygen atoms in total. The summed E-state index contributed by atoms with van der Waals surface area (Å²) in [5, 5.41) is 3.29. The van der Waals surface area contributed by atoms with Gasteiger partial charge in [-0.25, -0.2) is 4.79 Å². The van der Waals surface area contributed by atoms with Crippen LogP contribution in [-0.2, 0) is 9.47 Å². The number of carbonyl (C=O) groups excluding carboxylic acids is 1. The Balaban J connectivity index is 2.45. The zero-order chi connectivity index (χ0) is 14.3. The van der Waals surface area contributed by atoms with Crippen LogP contribution in [0.4, 0.5) is 4.79 Å². The highest BCUT2D eigenvalue weighted by atomic mass is 16.6. The highest BCUT2D eigenvalue weighted by molar-refractivity contribution is 5.68. The van der Waals surface area contributed by atoms with E-state index in [1.54, 1.807) is 4.90 Å². The van der Waals surface area contributed by atoms with Crippen LogP contribution in [0.2, 0.25) is 0 Å². The molecule has 19 heavy (non-hydrogen) atoms. The van der Waals surface area contributed by atoms with Gasteiger partial charge in [0, 0.05) is 13.1 Å². The van der Waals surface area contributed by atoms with E-state index < -0.39 is 5.60 Å². The molecule has 0 aromatic heterocycles. The van der Waals surface area contributed by atoms with Gasteiger partial charge >= 0.3 is 6.09 Å². The van der Waals surface area contributed by atoms with Gasteiger partial charge in [0.1, 0.15) is 5.60 Å². The number of ether oxygens (including phenoxy) is 2. The number of nitrogens with zero attached hydrogens (tertiary/aromatic N) is 1. The molecule has 0 bridgehead atoms. The lowest BCUT2D eigenvalue weighted by molar-refractivity contribution is -0.0316. The van der Waals surface area contributed by atoms with Gasteiger partial charge in [-0.2, -0.15) is 0 Å². The van der Waals surface area contributed by atoms with Crippen LogP contribution in [0.1, 0.15) is 27.2 Å². The van der Waals surface area contributed by atoms with Crippen LogP contribution >= 0.6 is 0 Å². The van der Waals surface area contributed by atoms with Crippen molar-refractivity contribution in [2.75, 3.05) is 39.4 Å². The molecular formula is C13H27N3O3. The first-order chi connectivity index (χ1) is 8.94. The first-order valence-corrected chi connectivity index (χ1v) is 6.92. The number of rotatable bonds is 5. The van der Waals surface area contributed by atoms with Crippen molar-refractivity contribution in [2.24, 2.45) is 5.73 Å². The fourth-order valence-corrected chi connectivity index (χ4v) is 1.88. The van der Waals surface area contributed by atoms with Gasteiger partial charge < -0.3 is 20.5 Å². The van der Waals surface area contributed by atoms with E-state index in [0.717, 1.165) is 13.0 Å². The monoisotopic (exact) mass is 273 g/mol. The molecular weight excluding hydrogens is 246 g/mol. The van der Waals surface area contributed by atoms with Crippen molar-refractivity contribution in [3.63, 3.8) is 0 Å². The number of hydrogen-bond acceptors (Lipinski definition) is 5. The molecule has 1 atom stereocenters. The van der Waals surface area contributed by atoms with Gasteiger partial charge in [0.15, 0.2) is 0 Å². The molecule has 112 valence electrons. The molecule has 1 heterocycles. The number of carbonyl (C=O) groups is 1. The van der Waals surface area contributed by atoms with Gasteiger partial charge in [0.2, 0.25) is 0 Å². The summed E-state index contributed by atoms with van der Waals surface area (Å²) in [5.41, 5.74) is 4.98. The topological polar surface area (TPSA) is 76.8 Å². The molecule has 1 aliphatic rings. The summed E-state index contributed by atoms with van der Waals surface area (Å²) in [6.45, 7) is 9.56. The zero-order valence-corrected chi connectivity index (χ0v) is 12.3. The third-order valence-electron chi connectivity index (χ3n) is 2.79. The van der Waals surface area contributed by atoms with E-state index in [9.17, 15) is 4.79 Å². The van der Waals surface area contributed by atoms with Crippen molar-refractivity contribution in [3.05, 3.63) is 0 Å². The highest BCUT2D eigenvalue weighted by Crippen LogP contribution is 2.14. The average Bonchev–Trinajstić information content (AvgIpc) is 2.33. The van der Waals surface area contributed by atoms with Gasteiger partial charge in [-0.05, 0) is 40.3 Å². The molecule has 1 amide bonds. The average molecular weight is 273 g/mol. The van der Waals surface area contributed by atoms with Crippen molar-refractivity contribution < 1.29 is 14.3 Å². The minimum Gasteiger partial charge on any atom is -0.444 e. The van der Waals surface area contributed by atoms with Crippen molar-refractivity contribution >= 4 is 6.09 Å². The first kappa shape index (κ1) is 16.2. The van der Waals surface area contributed by atoms with Gasteiger partial charge in [-0.3, -0.25) is 4.90 Å². The molecule has 0 aromatic rings. The Morgan fingerprint density at radius 1 is 1.53 bits per heavy atom. The predicted octanol–water partition coefficient (Wildman–Crippen LogP) is 0.561. The smallest absolute Gasteiger partial charge is 0.410 e. The Hall–Kier alpha value is -0.850. The van der Waals surface area contributed by atoms with Crippen LogP contribution < -0.4 is 11.1 Å². The minimum atomic E-state index is -0.465. The van der Waals surface area contributed by atoms with E-state index in [2.05, 4.69) is 5.32 Å². The van der Waals surface area contributed by atoms with Crippen LogP contribution in [0, 0.1) is 0 Å². The normalized spacial score (nSPS) is 20.4. The molecule has 1 fully saturated rings. The van der Waals surface area contributed by atoms with Crippen molar-refractivity contribution in [1.29, 1.82) is 0 Å². The summed E-state index contributed by atoms with van der Waals surface area (Å²) in [4.78, 5) is 13.9. The number of hydrogen-bond donors (Lipinski definition) is 2. The van der Waals surface area contributed by atoms with Crippen molar-refractivity contribution in [2.45, 2.75) is 38.8 Å². The second-order valence-electron chi connectivity index (χ2n) is 5.75. The highest BCUT2D eigenvalue weighted by Gasteiger charge is 2.30. The Morgan fingerprint density at radius 3 is 2.89 bits per heavy atom. The van der Waals surface area contributed by atoms with Crippen molar-refractivity contribution in [1.82, 2.24) is 10.2 Å². The zero-order valence-electron chi connectivity index (χ0n) is 12.3. The van der Waals surface area contributed by atoms with E-state index in [1.807, 2.05) is 20.8 Å². The van der Waals surface area contributed by atoms with Gasteiger partial charge in [0.25, 0.3) is 0 Å². The SMILES string of the molecule is CC(C)(C)OC(=O)N1CCOCC1CNCCCN. The largest absolute Gasteiger partial charge is 0.444 e. The number of morpholine rings is 1. The molecule has 0 aliphatic carbocycles. The molecule has 1 saturated heterocycles. The van der Waals surface area contributed by atoms with E-state index in [1.165, 1.54) is 0 Å². The molecule has 1 aliphatic heterocycles. The summed E-state index contributed by atoms with van der Waals surface area (Å²) in [5.74, 6) is 0. The summed E-state index contributed by atoms with van der Waals surface area (Å²) < 4.78 is 10.9. The molecule has 0 spiro atoms. The van der Waals surface area contributed by atoms with Crippen LogP contribution in [0.15, 0.2) is 0 Å². The fraction of sp³-hybridized carbons (Fsp3) is 0.923. The minimum absolute atomic E-state index is 0.0291. The standard InChI is InChI=1S/C13H27N3O3/c1-13(2,3)19-12(17)16-7-8-18-10-11(16)9-15-6-4-5-14/h11,15H,4-10,14H2,1-3H3. The summed E-state index contributed by atoms with van der Waals surface area (Å²) >= 11 is 0. The van der Waals surface area contributed by atoms with Crippen LogP contribution in [-0.4, -0.2) is 62.0 Å². The quantitative estimate of drug-likeness (QED) is 0.716. The van der Waals surface area contributed by atoms with Crippen molar-refractivity contribution in [3.8, 4) is 0 Å². The lowest BCUT2D eigenvalue weighted by atomic mass is 10.2. The second kappa shape index (κ2) is 7.67. The lowest BCUT2D eigenvalue weighted by Crippen LogP contribution is -2.54. The summed E-state index contributed by atoms with van der Waals surface area (Å²) in [7, 11) is 0. The first-order valence-electron chi connectivity index (χ1n) is 6.92. The van der Waals surface area contributed by atoms with E-state index in [0.29, 0.717) is 32.8 Å². The molecule has 1 rings (SSSR count). The number of amides is 1. The van der Waals surface area contributed by atoms with E-state index >= 15 is 0 Å². The Bertz CT molecular complexity index is 279. The van der Waals surface area contributed by atoms with Crippen LogP contribution in [0.3, 0.4) is 0 Å². The van der Waals surface area contributed by atoms with Crippen LogP contribution in [0.25, 0.3) is 0 Å². The third-order valence-corrected chi connectivity index (χ3v) is 2.79. The predicted molar refractivity (Wildman–Crippen MR) is 74.1 cm³/mol. The van der Waals surface area contributed by atoms with E-state index in [4.69, 9.17) is 15.2 Å². The summed E-state index contributed by atoms with van der Waals surface area (Å²) in [6, 6.07) is 0.0291. The maximum Gasteiger partial charge on any atom is 0.410 e. The molecule has 3 N–H and O–H groups in total. The van der Waals surface area contributed by atoms with Gasteiger partial charge in [-0.15, -0.1) is 0 Å². The van der Waals surface area contributed by atoms with Gasteiger partial charge in [-0.1, -0.05) is 0 Å². The lowest BCUT2D eigenvalue weighted by Gasteiger charge is -2.36. The third kappa shape index (κ3) is 6.22. The van der Waals surface area contributed by atoms with Gasteiger partial charge in [0.05, 0.1) is 19.3 Å². The molecule has 6 heteroatoms. The number of nitrogens with two attached hydrogens (primary N) is 1. The maximum atomic E-state index is 12.1. The Labute approximate surface area is 115 Å². The summed E-state index contributed by atoms with van der Waals surface area (Å²) in [6.07, 6.45) is 0.668. The van der Waals surface area contributed by atoms with Crippen LogP contribution in [0.5, 0.6) is 0 Å². The molecule has 1 unspecified atom stereocenters. The molecule has 0 saturated carbocycles. The second-order valence-corrected chi connectivity index (χ2v) is 5.75. The molecule has 0 aromatic carbocycles. The molecule has 0 radical (unpaired) electrons.